The summed E-state index contributed by atoms with van der Waals surface area (Å²) in [7, 11) is 0. The molecule has 1 nitrogen and oxygen atoms in total. The molecule has 1 spiro atoms. The number of nitrogens with zero attached hydrogens (tertiary/aromatic N) is 1. The largest absolute Gasteiger partial charge is 0.320 e. The van der Waals surface area contributed by atoms with Crippen LogP contribution in [-0.2, 0) is 0 Å². The zero-order valence-electron chi connectivity index (χ0n) is 14.1. The molecular weight excluding hydrogens is 278 g/mol. The van der Waals surface area contributed by atoms with Crippen LogP contribution in [-0.4, -0.2) is 30.7 Å². The van der Waals surface area contributed by atoms with Crippen molar-refractivity contribution in [3.05, 3.63) is 53.1 Å². The maximum absolute atomic E-state index is 2.57. The van der Waals surface area contributed by atoms with Crippen LogP contribution in [0.3, 0.4) is 0 Å². The first-order valence-electron chi connectivity index (χ1n) is 9.33. The minimum atomic E-state index is 0.675. The van der Waals surface area contributed by atoms with Crippen molar-refractivity contribution in [3.8, 4) is 0 Å². The Hall–Kier alpha value is -1.60. The minimum Gasteiger partial charge on any atom is -0.320 e. The zero-order valence-corrected chi connectivity index (χ0v) is 14.1. The molecule has 1 aliphatic carbocycles. The molecule has 3 aliphatic rings. The molecule has 2 atom stereocenters. The molecule has 23 heavy (non-hydrogen) atoms. The van der Waals surface area contributed by atoms with E-state index in [2.05, 4.69) is 49.4 Å². The summed E-state index contributed by atoms with van der Waals surface area (Å²) >= 11 is 0. The molecule has 0 N–H and O–H groups in total. The van der Waals surface area contributed by atoms with Crippen LogP contribution < -0.4 is 0 Å². The first-order valence-corrected chi connectivity index (χ1v) is 9.33. The van der Waals surface area contributed by atoms with E-state index in [1.807, 2.05) is 0 Å². The van der Waals surface area contributed by atoms with E-state index in [1.54, 1.807) is 11.1 Å². The Kier molecular flexibility index (Phi) is 2.97. The number of fused-ring (bicyclic) bond motifs is 4. The zero-order chi connectivity index (χ0) is 15.4. The normalized spacial score (nSPS) is 28.5. The number of hydrogen-bond acceptors (Lipinski definition) is 0. The van der Waals surface area contributed by atoms with Gasteiger partial charge in [0.1, 0.15) is 6.54 Å². The van der Waals surface area contributed by atoms with Gasteiger partial charge in [-0.25, -0.2) is 0 Å². The topological polar surface area (TPSA) is 0 Å². The smallest absolute Gasteiger partial charge is 0.101 e. The highest BCUT2D eigenvalue weighted by Crippen LogP contribution is 2.47. The van der Waals surface area contributed by atoms with Crippen molar-refractivity contribution in [2.45, 2.75) is 32.1 Å². The van der Waals surface area contributed by atoms with Gasteiger partial charge in [-0.05, 0) is 58.7 Å². The predicted octanol–water partition coefficient (Wildman–Crippen LogP) is 4.97. The van der Waals surface area contributed by atoms with Gasteiger partial charge in [0.2, 0.25) is 0 Å². The SMILES string of the molecule is CC1c2ccc3ccccc3c2C=C2C[N+]3(CCCCC3)CC21. The molecule has 1 heteroatoms. The van der Waals surface area contributed by atoms with Crippen LogP contribution in [0, 0.1) is 5.92 Å². The first kappa shape index (κ1) is 13.8. The molecule has 0 aromatic heterocycles. The summed E-state index contributed by atoms with van der Waals surface area (Å²) < 4.78 is 1.38. The Morgan fingerprint density at radius 2 is 1.78 bits per heavy atom. The van der Waals surface area contributed by atoms with Crippen LogP contribution in [0.1, 0.15) is 43.2 Å². The summed E-state index contributed by atoms with van der Waals surface area (Å²) in [6, 6.07) is 13.6. The Morgan fingerprint density at radius 1 is 0.957 bits per heavy atom. The lowest BCUT2D eigenvalue weighted by molar-refractivity contribution is -0.920. The summed E-state index contributed by atoms with van der Waals surface area (Å²) in [5.41, 5.74) is 4.83. The standard InChI is InChI=1S/C22H26N/c1-16-19-10-9-17-7-3-4-8-20(17)21(19)13-18-14-23(15-22(16)18)11-5-2-6-12-23/h3-4,7-10,13,16,22H,2,5-6,11-12,14-15H2,1H3/q+1. The second-order valence-electron chi connectivity index (χ2n) is 8.09. The number of rotatable bonds is 0. The second-order valence-corrected chi connectivity index (χ2v) is 8.09. The Bertz CT molecular complexity index is 795. The van der Waals surface area contributed by atoms with Crippen LogP contribution in [0.2, 0.25) is 0 Å². The summed E-state index contributed by atoms with van der Waals surface area (Å²) in [6.07, 6.45) is 6.89. The van der Waals surface area contributed by atoms with Gasteiger partial charge in [0, 0.05) is 5.92 Å². The molecular formula is C22H26N+. The molecule has 0 saturated carbocycles. The molecule has 0 amide bonds. The van der Waals surface area contributed by atoms with Crippen LogP contribution in [0.4, 0.5) is 0 Å². The number of benzene rings is 2. The van der Waals surface area contributed by atoms with Crippen molar-refractivity contribution in [3.63, 3.8) is 0 Å². The molecule has 2 aliphatic heterocycles. The van der Waals surface area contributed by atoms with Crippen molar-refractivity contribution in [1.29, 1.82) is 0 Å². The van der Waals surface area contributed by atoms with Gasteiger partial charge in [0.05, 0.1) is 19.6 Å². The van der Waals surface area contributed by atoms with E-state index in [0.29, 0.717) is 5.92 Å². The second kappa shape index (κ2) is 4.95. The fraction of sp³-hybridized carbons (Fsp3) is 0.455. The summed E-state index contributed by atoms with van der Waals surface area (Å²) in [4.78, 5) is 0. The summed E-state index contributed by atoms with van der Waals surface area (Å²) in [5.74, 6) is 1.45. The van der Waals surface area contributed by atoms with E-state index < -0.39 is 0 Å². The number of hydrogen-bond donors (Lipinski definition) is 0. The van der Waals surface area contributed by atoms with Gasteiger partial charge in [-0.3, -0.25) is 0 Å². The minimum absolute atomic E-state index is 0.675. The summed E-state index contributed by atoms with van der Waals surface area (Å²) in [5, 5.41) is 2.83. The molecule has 0 bridgehead atoms. The Labute approximate surface area is 139 Å². The number of quaternary nitrogens is 1. The Morgan fingerprint density at radius 3 is 2.65 bits per heavy atom. The van der Waals surface area contributed by atoms with Gasteiger partial charge in [0.25, 0.3) is 0 Å². The summed E-state index contributed by atoms with van der Waals surface area (Å²) in [6.45, 7) is 8.00. The molecule has 2 heterocycles. The van der Waals surface area contributed by atoms with E-state index in [0.717, 1.165) is 5.92 Å². The van der Waals surface area contributed by atoms with E-state index in [-0.39, 0.29) is 0 Å². The third-order valence-corrected chi connectivity index (χ3v) is 6.77. The molecule has 2 aromatic carbocycles. The molecule has 0 radical (unpaired) electrons. The van der Waals surface area contributed by atoms with Gasteiger partial charge in [-0.15, -0.1) is 0 Å². The fourth-order valence-corrected chi connectivity index (χ4v) is 5.53. The van der Waals surface area contributed by atoms with Crippen LogP contribution in [0.5, 0.6) is 0 Å². The average molecular weight is 304 g/mol. The molecule has 2 fully saturated rings. The highest BCUT2D eigenvalue weighted by atomic mass is 15.4. The van der Waals surface area contributed by atoms with Crippen LogP contribution in [0.15, 0.2) is 42.0 Å². The van der Waals surface area contributed by atoms with Crippen molar-refractivity contribution in [1.82, 2.24) is 0 Å². The quantitative estimate of drug-likeness (QED) is 0.603. The van der Waals surface area contributed by atoms with Gasteiger partial charge < -0.3 is 4.48 Å². The average Bonchev–Trinajstić information content (AvgIpc) is 2.93. The van der Waals surface area contributed by atoms with Crippen molar-refractivity contribution >= 4 is 16.8 Å². The molecule has 2 aromatic rings. The third kappa shape index (κ3) is 2.03. The molecule has 2 unspecified atom stereocenters. The first-order chi connectivity index (χ1) is 11.3. The maximum Gasteiger partial charge on any atom is 0.101 e. The van der Waals surface area contributed by atoms with Gasteiger partial charge >= 0.3 is 0 Å². The third-order valence-electron chi connectivity index (χ3n) is 6.77. The van der Waals surface area contributed by atoms with Gasteiger partial charge in [-0.1, -0.05) is 43.3 Å². The number of piperidine rings is 1. The van der Waals surface area contributed by atoms with Crippen LogP contribution in [0.25, 0.3) is 16.8 Å². The lowest BCUT2D eigenvalue weighted by Gasteiger charge is -2.38. The monoisotopic (exact) mass is 304 g/mol. The maximum atomic E-state index is 2.57. The van der Waals surface area contributed by atoms with E-state index in [9.17, 15) is 0 Å². The van der Waals surface area contributed by atoms with Crippen LogP contribution >= 0.6 is 0 Å². The van der Waals surface area contributed by atoms with Crippen molar-refractivity contribution in [2.24, 2.45) is 5.92 Å². The lowest BCUT2D eigenvalue weighted by Crippen LogP contribution is -2.49. The fourth-order valence-electron chi connectivity index (χ4n) is 5.53. The highest BCUT2D eigenvalue weighted by molar-refractivity contribution is 5.93. The molecule has 2 saturated heterocycles. The van der Waals surface area contributed by atoms with Crippen molar-refractivity contribution < 1.29 is 4.48 Å². The Balaban J connectivity index is 1.63. The predicted molar refractivity (Wildman–Crippen MR) is 97.4 cm³/mol. The van der Waals surface area contributed by atoms with E-state index in [4.69, 9.17) is 0 Å². The van der Waals surface area contributed by atoms with E-state index >= 15 is 0 Å². The van der Waals surface area contributed by atoms with Gasteiger partial charge in [-0.2, -0.15) is 0 Å². The lowest BCUT2D eigenvalue weighted by atomic mass is 9.76. The molecule has 5 rings (SSSR count). The van der Waals surface area contributed by atoms with Crippen molar-refractivity contribution in [2.75, 3.05) is 26.2 Å². The van der Waals surface area contributed by atoms with E-state index in [1.165, 1.54) is 66.3 Å². The van der Waals surface area contributed by atoms with Gasteiger partial charge in [0.15, 0.2) is 0 Å². The molecule has 118 valence electrons. The highest BCUT2D eigenvalue weighted by Gasteiger charge is 2.46.